The maximum Gasteiger partial charge on any atom is 0.306 e. The minimum atomic E-state index is -0.739. The van der Waals surface area contributed by atoms with Gasteiger partial charge in [0.2, 0.25) is 0 Å². The van der Waals surface area contributed by atoms with E-state index in [9.17, 15) is 4.79 Å². The van der Waals surface area contributed by atoms with Crippen LogP contribution < -0.4 is 0 Å². The van der Waals surface area contributed by atoms with E-state index in [-0.39, 0.29) is 11.8 Å². The zero-order chi connectivity index (χ0) is 9.84. The van der Waals surface area contributed by atoms with Crippen molar-refractivity contribution in [2.45, 2.75) is 19.8 Å². The summed E-state index contributed by atoms with van der Waals surface area (Å²) in [4.78, 5) is 10.7. The average molecular weight is 178 g/mol. The van der Waals surface area contributed by atoms with Crippen molar-refractivity contribution in [3.8, 4) is 0 Å². The second kappa shape index (κ2) is 4.08. The molecule has 0 aromatic heterocycles. The molecule has 0 radical (unpaired) electrons. The van der Waals surface area contributed by atoms with E-state index in [2.05, 4.69) is 0 Å². The van der Waals surface area contributed by atoms with Crippen LogP contribution >= 0.6 is 0 Å². The molecule has 0 aliphatic heterocycles. The molecule has 2 unspecified atom stereocenters. The molecule has 0 saturated carbocycles. The second-order valence-corrected chi connectivity index (χ2v) is 3.33. The van der Waals surface area contributed by atoms with Gasteiger partial charge in [0.05, 0.1) is 5.92 Å². The van der Waals surface area contributed by atoms with Gasteiger partial charge in [-0.1, -0.05) is 44.2 Å². The fraction of sp³-hybridized carbons (Fsp3) is 0.364. The number of rotatable bonds is 3. The van der Waals surface area contributed by atoms with Gasteiger partial charge in [-0.2, -0.15) is 0 Å². The van der Waals surface area contributed by atoms with Gasteiger partial charge in [0.15, 0.2) is 0 Å². The smallest absolute Gasteiger partial charge is 0.306 e. The molecule has 1 rings (SSSR count). The van der Waals surface area contributed by atoms with Crippen LogP contribution in [0.4, 0.5) is 0 Å². The van der Waals surface area contributed by atoms with E-state index in [1.54, 1.807) is 6.92 Å². The lowest BCUT2D eigenvalue weighted by molar-refractivity contribution is -0.141. The molecule has 1 aromatic carbocycles. The molecule has 0 aliphatic rings. The highest BCUT2D eigenvalue weighted by atomic mass is 16.4. The van der Waals surface area contributed by atoms with Gasteiger partial charge in [0, 0.05) is 0 Å². The first-order valence-electron chi connectivity index (χ1n) is 4.40. The Kier molecular flexibility index (Phi) is 3.07. The minimum Gasteiger partial charge on any atom is -0.481 e. The Labute approximate surface area is 78.2 Å². The molecule has 0 fully saturated rings. The van der Waals surface area contributed by atoms with Crippen molar-refractivity contribution in [1.29, 1.82) is 0 Å². The molecule has 13 heavy (non-hydrogen) atoms. The molecule has 0 heterocycles. The van der Waals surface area contributed by atoms with Crippen molar-refractivity contribution >= 4 is 5.97 Å². The zero-order valence-electron chi connectivity index (χ0n) is 7.90. The molecule has 2 nitrogen and oxygen atoms in total. The Morgan fingerprint density at radius 2 is 1.77 bits per heavy atom. The summed E-state index contributed by atoms with van der Waals surface area (Å²) in [6.45, 7) is 3.67. The normalized spacial score (nSPS) is 14.9. The van der Waals surface area contributed by atoms with Crippen LogP contribution in [-0.4, -0.2) is 11.1 Å². The van der Waals surface area contributed by atoms with E-state index in [1.807, 2.05) is 37.3 Å². The molecule has 1 aromatic rings. The lowest BCUT2D eigenvalue weighted by atomic mass is 9.89. The average Bonchev–Trinajstić information content (AvgIpc) is 2.17. The lowest BCUT2D eigenvalue weighted by Crippen LogP contribution is -2.16. The first-order valence-corrected chi connectivity index (χ1v) is 4.40. The topological polar surface area (TPSA) is 37.3 Å². The highest BCUT2D eigenvalue weighted by molar-refractivity contribution is 5.70. The van der Waals surface area contributed by atoms with Gasteiger partial charge in [-0.25, -0.2) is 0 Å². The van der Waals surface area contributed by atoms with Gasteiger partial charge >= 0.3 is 5.97 Å². The third-order valence-corrected chi connectivity index (χ3v) is 2.46. The first kappa shape index (κ1) is 9.78. The SMILES string of the molecule is CC(C(=O)O)C(C)c1ccccc1. The van der Waals surface area contributed by atoms with Crippen LogP contribution in [0.25, 0.3) is 0 Å². The molecule has 0 spiro atoms. The number of carboxylic acids is 1. The van der Waals surface area contributed by atoms with Crippen LogP contribution in [0.3, 0.4) is 0 Å². The molecule has 0 saturated heterocycles. The fourth-order valence-electron chi connectivity index (χ4n) is 1.26. The Hall–Kier alpha value is -1.31. The molecule has 2 heteroatoms. The lowest BCUT2D eigenvalue weighted by Gasteiger charge is -2.15. The second-order valence-electron chi connectivity index (χ2n) is 3.33. The van der Waals surface area contributed by atoms with Crippen molar-refractivity contribution in [3.05, 3.63) is 35.9 Å². The summed E-state index contributed by atoms with van der Waals surface area (Å²) in [6.07, 6.45) is 0. The van der Waals surface area contributed by atoms with Crippen molar-refractivity contribution in [2.24, 2.45) is 5.92 Å². The Morgan fingerprint density at radius 3 is 2.23 bits per heavy atom. The van der Waals surface area contributed by atoms with Gasteiger partial charge in [0.25, 0.3) is 0 Å². The fourth-order valence-corrected chi connectivity index (χ4v) is 1.26. The van der Waals surface area contributed by atoms with E-state index in [0.717, 1.165) is 5.56 Å². The highest BCUT2D eigenvalue weighted by Crippen LogP contribution is 2.23. The van der Waals surface area contributed by atoms with Crippen molar-refractivity contribution in [1.82, 2.24) is 0 Å². The maximum absolute atomic E-state index is 10.7. The number of benzene rings is 1. The molecule has 0 aliphatic carbocycles. The maximum atomic E-state index is 10.7. The van der Waals surface area contributed by atoms with Crippen molar-refractivity contribution in [3.63, 3.8) is 0 Å². The summed E-state index contributed by atoms with van der Waals surface area (Å²) in [6, 6.07) is 9.72. The van der Waals surface area contributed by atoms with E-state index in [1.165, 1.54) is 0 Å². The van der Waals surface area contributed by atoms with E-state index in [0.29, 0.717) is 0 Å². The summed E-state index contributed by atoms with van der Waals surface area (Å²) >= 11 is 0. The number of carbonyl (C=O) groups is 1. The van der Waals surface area contributed by atoms with Crippen LogP contribution in [-0.2, 0) is 4.79 Å². The summed E-state index contributed by atoms with van der Waals surface area (Å²) < 4.78 is 0. The van der Waals surface area contributed by atoms with E-state index < -0.39 is 5.97 Å². The summed E-state index contributed by atoms with van der Waals surface area (Å²) in [7, 11) is 0. The standard InChI is InChI=1S/C11H14O2/c1-8(9(2)11(12)13)10-6-4-3-5-7-10/h3-9H,1-2H3,(H,12,13). The number of hydrogen-bond donors (Lipinski definition) is 1. The van der Waals surface area contributed by atoms with Crippen LogP contribution in [0.15, 0.2) is 30.3 Å². The third-order valence-electron chi connectivity index (χ3n) is 2.46. The third kappa shape index (κ3) is 2.31. The Balaban J connectivity index is 2.79. The van der Waals surface area contributed by atoms with Gasteiger partial charge in [0.1, 0.15) is 0 Å². The quantitative estimate of drug-likeness (QED) is 0.772. The van der Waals surface area contributed by atoms with Crippen molar-refractivity contribution in [2.75, 3.05) is 0 Å². The largest absolute Gasteiger partial charge is 0.481 e. The monoisotopic (exact) mass is 178 g/mol. The van der Waals surface area contributed by atoms with Gasteiger partial charge in [-0.15, -0.1) is 0 Å². The number of aliphatic carboxylic acids is 1. The number of carboxylic acid groups (broad SMARTS) is 1. The van der Waals surface area contributed by atoms with Crippen LogP contribution in [0, 0.1) is 5.92 Å². The number of hydrogen-bond acceptors (Lipinski definition) is 1. The van der Waals surface area contributed by atoms with E-state index in [4.69, 9.17) is 5.11 Å². The summed E-state index contributed by atoms with van der Waals surface area (Å²) in [5.74, 6) is -1.00. The molecule has 70 valence electrons. The summed E-state index contributed by atoms with van der Waals surface area (Å²) in [5.41, 5.74) is 1.08. The van der Waals surface area contributed by atoms with Gasteiger partial charge in [-0.05, 0) is 11.5 Å². The van der Waals surface area contributed by atoms with E-state index >= 15 is 0 Å². The highest BCUT2D eigenvalue weighted by Gasteiger charge is 2.20. The van der Waals surface area contributed by atoms with Gasteiger partial charge < -0.3 is 5.11 Å². The van der Waals surface area contributed by atoms with Crippen LogP contribution in [0.5, 0.6) is 0 Å². The molecular weight excluding hydrogens is 164 g/mol. The minimum absolute atomic E-state index is 0.0682. The zero-order valence-corrected chi connectivity index (χ0v) is 7.90. The molecule has 2 atom stereocenters. The first-order chi connectivity index (χ1) is 6.13. The molecule has 1 N–H and O–H groups in total. The Bertz CT molecular complexity index is 279. The summed E-state index contributed by atoms with van der Waals surface area (Å²) in [5, 5.41) is 8.81. The van der Waals surface area contributed by atoms with Crippen LogP contribution in [0.2, 0.25) is 0 Å². The predicted molar refractivity (Wildman–Crippen MR) is 51.7 cm³/mol. The molecule has 0 bridgehead atoms. The van der Waals surface area contributed by atoms with Gasteiger partial charge in [-0.3, -0.25) is 4.79 Å². The van der Waals surface area contributed by atoms with Crippen LogP contribution in [0.1, 0.15) is 25.3 Å². The predicted octanol–water partition coefficient (Wildman–Crippen LogP) is 2.51. The van der Waals surface area contributed by atoms with Crippen molar-refractivity contribution < 1.29 is 9.90 Å². The molecule has 0 amide bonds. The Morgan fingerprint density at radius 1 is 1.23 bits per heavy atom. The molecular formula is C11H14O2.